The summed E-state index contributed by atoms with van der Waals surface area (Å²) in [6, 6.07) is 1.47. The summed E-state index contributed by atoms with van der Waals surface area (Å²) in [5.74, 6) is 0. The van der Waals surface area contributed by atoms with Crippen LogP contribution in [0.4, 0.5) is 45.2 Å². The molecule has 4 nitrogen and oxygen atoms in total. The highest BCUT2D eigenvalue weighted by atomic mass is 35.5. The first-order chi connectivity index (χ1) is 13.8. The van der Waals surface area contributed by atoms with Crippen LogP contribution < -0.4 is 4.31 Å². The quantitative estimate of drug-likeness (QED) is 0.531. The fourth-order valence-electron chi connectivity index (χ4n) is 2.39. The molecular weight excluding hydrogens is 513 g/mol. The van der Waals surface area contributed by atoms with Crippen molar-refractivity contribution in [3.8, 4) is 0 Å². The number of alkyl halides is 9. The van der Waals surface area contributed by atoms with Crippen molar-refractivity contribution in [1.29, 1.82) is 0 Å². The Labute approximate surface area is 177 Å². The zero-order chi connectivity index (χ0) is 24.0. The minimum atomic E-state index is -6.22. The molecule has 1 aromatic carbocycles. The highest BCUT2D eigenvalue weighted by Gasteiger charge is 2.71. The molecule has 0 unspecified atom stereocenters. The summed E-state index contributed by atoms with van der Waals surface area (Å²) < 4.78 is 141. The number of sulfonamides is 1. The van der Waals surface area contributed by atoms with Crippen LogP contribution >= 0.6 is 22.9 Å². The normalized spacial score (nSPS) is 14.0. The first-order valence-electron chi connectivity index (χ1n) is 7.60. The van der Waals surface area contributed by atoms with E-state index in [2.05, 4.69) is 0 Å². The largest absolute Gasteiger partial charge is 0.430 e. The van der Waals surface area contributed by atoms with Gasteiger partial charge in [0, 0.05) is 10.9 Å². The molecule has 0 spiro atoms. The predicted octanol–water partition coefficient (Wildman–Crippen LogP) is 5.47. The van der Waals surface area contributed by atoms with Gasteiger partial charge in [-0.2, -0.15) is 39.5 Å². The zero-order valence-electron chi connectivity index (χ0n) is 14.5. The molecule has 0 radical (unpaired) electrons. The summed E-state index contributed by atoms with van der Waals surface area (Å²) in [5, 5.41) is 10.2. The van der Waals surface area contributed by atoms with Gasteiger partial charge < -0.3 is 5.11 Å². The van der Waals surface area contributed by atoms with Gasteiger partial charge in [-0.1, -0.05) is 23.7 Å². The van der Waals surface area contributed by atoms with Gasteiger partial charge in [0.15, 0.2) is 0 Å². The van der Waals surface area contributed by atoms with Gasteiger partial charge in [0.05, 0.1) is 14.9 Å². The van der Waals surface area contributed by atoms with Gasteiger partial charge in [-0.05, 0) is 18.2 Å². The molecule has 0 saturated heterocycles. The van der Waals surface area contributed by atoms with Crippen molar-refractivity contribution < 1.29 is 53.0 Å². The Balaban J connectivity index is 2.60. The molecule has 2 aromatic rings. The monoisotopic (exact) mass is 521 g/mol. The molecule has 31 heavy (non-hydrogen) atoms. The second-order valence-electron chi connectivity index (χ2n) is 5.97. The third-order valence-corrected chi connectivity index (χ3v) is 6.84. The van der Waals surface area contributed by atoms with E-state index in [1.807, 2.05) is 0 Å². The first kappa shape index (κ1) is 25.5. The third kappa shape index (κ3) is 5.04. The molecule has 16 heteroatoms. The maximum atomic E-state index is 13.0. The van der Waals surface area contributed by atoms with Gasteiger partial charge in [0.1, 0.15) is 6.54 Å². The number of hydrogen-bond acceptors (Lipinski definition) is 4. The van der Waals surface area contributed by atoms with Crippen LogP contribution in [0.25, 0.3) is 0 Å². The molecule has 0 aliphatic rings. The molecule has 1 N–H and O–H groups in total. The number of anilines is 1. The lowest BCUT2D eigenvalue weighted by atomic mass is 9.92. The Bertz CT molecular complexity index is 1010. The number of thiophene rings is 1. The molecule has 1 aromatic heterocycles. The molecule has 174 valence electrons. The van der Waals surface area contributed by atoms with Crippen molar-refractivity contribution in [2.75, 3.05) is 10.8 Å². The molecule has 0 saturated carbocycles. The topological polar surface area (TPSA) is 57.6 Å². The number of nitrogens with zero attached hydrogens (tertiary/aromatic N) is 1. The van der Waals surface area contributed by atoms with Crippen molar-refractivity contribution >= 4 is 38.6 Å². The van der Waals surface area contributed by atoms with Gasteiger partial charge in [-0.3, -0.25) is 4.31 Å². The number of aliphatic hydroxyl groups is 1. The fourth-order valence-corrected chi connectivity index (χ4v) is 5.14. The van der Waals surface area contributed by atoms with Crippen LogP contribution in [0.2, 0.25) is 4.34 Å². The maximum Gasteiger partial charge on any atom is 0.430 e. The lowest BCUT2D eigenvalue weighted by Gasteiger charge is -2.33. The van der Waals surface area contributed by atoms with Crippen LogP contribution in [-0.2, 0) is 15.6 Å². The van der Waals surface area contributed by atoms with Crippen LogP contribution in [0.3, 0.4) is 0 Å². The van der Waals surface area contributed by atoms with E-state index in [9.17, 15) is 53.0 Å². The Morgan fingerprint density at radius 2 is 1.42 bits per heavy atom. The van der Waals surface area contributed by atoms with Crippen molar-refractivity contribution in [3.63, 3.8) is 0 Å². The van der Waals surface area contributed by atoms with E-state index in [0.717, 1.165) is 11.4 Å². The molecular formula is C15H9ClF9NO3S2. The van der Waals surface area contributed by atoms with Crippen molar-refractivity contribution in [2.45, 2.75) is 29.0 Å². The van der Waals surface area contributed by atoms with E-state index in [4.69, 9.17) is 11.6 Å². The van der Waals surface area contributed by atoms with Gasteiger partial charge in [0.2, 0.25) is 0 Å². The van der Waals surface area contributed by atoms with Crippen LogP contribution in [0.15, 0.2) is 40.6 Å². The van der Waals surface area contributed by atoms with E-state index in [1.165, 1.54) is 0 Å². The minimum absolute atomic E-state index is 0.0375. The van der Waals surface area contributed by atoms with Crippen LogP contribution in [-0.4, -0.2) is 38.6 Å². The molecule has 0 amide bonds. The summed E-state index contributed by atoms with van der Waals surface area (Å²) in [6.07, 6.45) is -17.6. The average molecular weight is 522 g/mol. The fraction of sp³-hybridized carbons (Fsp3) is 0.333. The van der Waals surface area contributed by atoms with Crippen molar-refractivity contribution in [3.05, 3.63) is 45.6 Å². The Morgan fingerprint density at radius 3 is 1.77 bits per heavy atom. The standard InChI is InChI=1S/C15H9ClF9NO3S2/c16-11-5-10(6-30-11)31(28,29)26(7-12(17,18)19)9-3-1-8(2-4-9)13(27,14(20,21)22)15(23,24)25/h1-6,27H,7H2. The Morgan fingerprint density at radius 1 is 0.935 bits per heavy atom. The summed E-state index contributed by atoms with van der Waals surface area (Å²) in [6.45, 7) is -2.13. The summed E-state index contributed by atoms with van der Waals surface area (Å²) in [7, 11) is -4.94. The number of hydrogen-bond donors (Lipinski definition) is 1. The molecule has 2 rings (SSSR count). The smallest absolute Gasteiger partial charge is 0.369 e. The SMILES string of the molecule is O=S(=O)(c1csc(Cl)c1)N(CC(F)(F)F)c1ccc(C(O)(C(F)(F)F)C(F)(F)F)cc1. The number of rotatable bonds is 5. The van der Waals surface area contributed by atoms with Crippen LogP contribution in [0, 0.1) is 0 Å². The molecule has 1 heterocycles. The second kappa shape index (κ2) is 8.01. The Kier molecular flexibility index (Phi) is 6.60. The van der Waals surface area contributed by atoms with Crippen LogP contribution in [0.5, 0.6) is 0 Å². The molecule has 0 aliphatic heterocycles. The van der Waals surface area contributed by atoms with E-state index in [-0.39, 0.29) is 32.9 Å². The number of halogens is 10. The summed E-state index contributed by atoms with van der Waals surface area (Å²) in [5.41, 5.74) is -7.98. The van der Waals surface area contributed by atoms with Gasteiger partial charge >= 0.3 is 18.5 Å². The molecule has 0 atom stereocenters. The third-order valence-electron chi connectivity index (χ3n) is 3.85. The van der Waals surface area contributed by atoms with Crippen molar-refractivity contribution in [2.24, 2.45) is 0 Å². The number of benzene rings is 1. The average Bonchev–Trinajstić information content (AvgIpc) is 3.03. The van der Waals surface area contributed by atoms with E-state index in [1.54, 1.807) is 0 Å². The highest BCUT2D eigenvalue weighted by molar-refractivity contribution is 7.93. The first-order valence-corrected chi connectivity index (χ1v) is 10.3. The van der Waals surface area contributed by atoms with E-state index >= 15 is 0 Å². The minimum Gasteiger partial charge on any atom is -0.369 e. The van der Waals surface area contributed by atoms with Gasteiger partial charge in [-0.15, -0.1) is 11.3 Å². The van der Waals surface area contributed by atoms with Gasteiger partial charge in [-0.25, -0.2) is 8.42 Å². The summed E-state index contributed by atoms with van der Waals surface area (Å²) >= 11 is 6.25. The lowest BCUT2D eigenvalue weighted by molar-refractivity contribution is -0.376. The van der Waals surface area contributed by atoms with E-state index < -0.39 is 56.8 Å². The maximum absolute atomic E-state index is 13.0. The van der Waals surface area contributed by atoms with Crippen LogP contribution in [0.1, 0.15) is 5.56 Å². The Hall–Kier alpha value is -1.71. The molecule has 0 aliphatic carbocycles. The zero-order valence-corrected chi connectivity index (χ0v) is 16.9. The second-order valence-corrected chi connectivity index (χ2v) is 9.37. The van der Waals surface area contributed by atoms with Crippen molar-refractivity contribution in [1.82, 2.24) is 0 Å². The van der Waals surface area contributed by atoms with E-state index in [0.29, 0.717) is 11.3 Å². The molecule has 0 bridgehead atoms. The highest BCUT2D eigenvalue weighted by Crippen LogP contribution is 2.50. The lowest BCUT2D eigenvalue weighted by Crippen LogP contribution is -2.53. The van der Waals surface area contributed by atoms with Gasteiger partial charge in [0.25, 0.3) is 15.6 Å². The molecule has 0 fully saturated rings. The summed E-state index contributed by atoms with van der Waals surface area (Å²) in [4.78, 5) is -0.669. The predicted molar refractivity (Wildman–Crippen MR) is 92.4 cm³/mol.